The van der Waals surface area contributed by atoms with Gasteiger partial charge in [-0.05, 0) is 43.4 Å². The fourth-order valence-electron chi connectivity index (χ4n) is 1.89. The van der Waals surface area contributed by atoms with Gasteiger partial charge in [0.05, 0.1) is 6.10 Å². The van der Waals surface area contributed by atoms with Crippen LogP contribution in [0.25, 0.3) is 0 Å². The summed E-state index contributed by atoms with van der Waals surface area (Å²) in [6.07, 6.45) is 2.20. The van der Waals surface area contributed by atoms with Crippen LogP contribution in [0.2, 0.25) is 5.02 Å². The van der Waals surface area contributed by atoms with Crippen molar-refractivity contribution in [3.8, 4) is 0 Å². The molecule has 0 bridgehead atoms. The lowest BCUT2D eigenvalue weighted by Crippen LogP contribution is -2.19. The molecule has 0 heterocycles. The monoisotopic (exact) mass is 239 g/mol. The highest BCUT2D eigenvalue weighted by atomic mass is 35.5. The van der Waals surface area contributed by atoms with E-state index in [0.717, 1.165) is 23.7 Å². The Labute approximate surface area is 102 Å². The molecule has 1 aromatic carbocycles. The number of rotatable bonds is 4. The van der Waals surface area contributed by atoms with Crippen LogP contribution < -0.4 is 4.90 Å². The predicted molar refractivity (Wildman–Crippen MR) is 68.1 cm³/mol. The molecule has 1 aliphatic rings. The maximum atomic E-state index is 9.49. The Kier molecular flexibility index (Phi) is 3.41. The van der Waals surface area contributed by atoms with E-state index in [1.807, 2.05) is 18.2 Å². The van der Waals surface area contributed by atoms with Gasteiger partial charge in [0.1, 0.15) is 0 Å². The Morgan fingerprint density at radius 1 is 1.50 bits per heavy atom. The summed E-state index contributed by atoms with van der Waals surface area (Å²) >= 11 is 6.13. The van der Waals surface area contributed by atoms with Gasteiger partial charge in [0.15, 0.2) is 0 Å². The fourth-order valence-corrected chi connectivity index (χ4v) is 2.22. The van der Waals surface area contributed by atoms with Gasteiger partial charge in [0.2, 0.25) is 0 Å². The van der Waals surface area contributed by atoms with E-state index in [1.165, 1.54) is 12.8 Å². The van der Waals surface area contributed by atoms with Crippen molar-refractivity contribution in [1.82, 2.24) is 0 Å². The standard InChI is InChI=1S/C13H18ClNO/c1-9(16)12-6-5-11(7-13(12)14)15(2)8-10-3-4-10/h5-7,9-10,16H,3-4,8H2,1-2H3. The second kappa shape index (κ2) is 4.64. The molecule has 16 heavy (non-hydrogen) atoms. The van der Waals surface area contributed by atoms with E-state index in [9.17, 15) is 5.11 Å². The van der Waals surface area contributed by atoms with Gasteiger partial charge in [-0.25, -0.2) is 0 Å². The number of aliphatic hydroxyl groups excluding tert-OH is 1. The zero-order chi connectivity index (χ0) is 11.7. The largest absolute Gasteiger partial charge is 0.389 e. The van der Waals surface area contributed by atoms with Gasteiger partial charge in [0, 0.05) is 24.3 Å². The van der Waals surface area contributed by atoms with Gasteiger partial charge >= 0.3 is 0 Å². The van der Waals surface area contributed by atoms with Crippen LogP contribution >= 0.6 is 11.6 Å². The van der Waals surface area contributed by atoms with Crippen molar-refractivity contribution in [2.45, 2.75) is 25.9 Å². The first-order chi connectivity index (χ1) is 7.58. The molecule has 1 N–H and O–H groups in total. The summed E-state index contributed by atoms with van der Waals surface area (Å²) in [6.45, 7) is 2.83. The summed E-state index contributed by atoms with van der Waals surface area (Å²) in [5, 5.41) is 10.1. The molecule has 1 unspecified atom stereocenters. The molecule has 0 spiro atoms. The van der Waals surface area contributed by atoms with Crippen LogP contribution in [0, 0.1) is 5.92 Å². The average molecular weight is 240 g/mol. The van der Waals surface area contributed by atoms with Crippen molar-refractivity contribution in [3.63, 3.8) is 0 Å². The van der Waals surface area contributed by atoms with Crippen molar-refractivity contribution in [3.05, 3.63) is 28.8 Å². The van der Waals surface area contributed by atoms with Crippen molar-refractivity contribution in [2.24, 2.45) is 5.92 Å². The molecule has 1 saturated carbocycles. The van der Waals surface area contributed by atoms with E-state index in [-0.39, 0.29) is 0 Å². The van der Waals surface area contributed by atoms with Gasteiger partial charge in [-0.15, -0.1) is 0 Å². The smallest absolute Gasteiger partial charge is 0.0776 e. The van der Waals surface area contributed by atoms with Crippen molar-refractivity contribution >= 4 is 17.3 Å². The molecular formula is C13H18ClNO. The van der Waals surface area contributed by atoms with Crippen LogP contribution in [0.5, 0.6) is 0 Å². The Bertz CT molecular complexity index is 374. The molecule has 2 nitrogen and oxygen atoms in total. The third kappa shape index (κ3) is 2.69. The molecule has 0 aliphatic heterocycles. The molecule has 0 amide bonds. The van der Waals surface area contributed by atoms with Gasteiger partial charge in [-0.3, -0.25) is 0 Å². The van der Waals surface area contributed by atoms with Crippen molar-refractivity contribution < 1.29 is 5.11 Å². The van der Waals surface area contributed by atoms with Gasteiger partial charge in [-0.1, -0.05) is 17.7 Å². The Morgan fingerprint density at radius 3 is 2.69 bits per heavy atom. The SMILES string of the molecule is CC(O)c1ccc(N(C)CC2CC2)cc1Cl. The quantitative estimate of drug-likeness (QED) is 0.872. The van der Waals surface area contributed by atoms with Crippen LogP contribution in [-0.4, -0.2) is 18.7 Å². The minimum absolute atomic E-state index is 0.504. The second-order valence-electron chi connectivity index (χ2n) is 4.71. The molecular weight excluding hydrogens is 222 g/mol. The highest BCUT2D eigenvalue weighted by molar-refractivity contribution is 6.31. The lowest BCUT2D eigenvalue weighted by molar-refractivity contribution is 0.199. The zero-order valence-electron chi connectivity index (χ0n) is 9.78. The average Bonchev–Trinajstić information content (AvgIpc) is 3.00. The summed E-state index contributed by atoms with van der Waals surface area (Å²) in [4.78, 5) is 2.23. The number of anilines is 1. The topological polar surface area (TPSA) is 23.5 Å². The van der Waals surface area contributed by atoms with Crippen LogP contribution in [-0.2, 0) is 0 Å². The molecule has 88 valence electrons. The summed E-state index contributed by atoms with van der Waals surface area (Å²) in [5.41, 5.74) is 1.92. The molecule has 2 rings (SSSR count). The maximum absolute atomic E-state index is 9.49. The summed E-state index contributed by atoms with van der Waals surface area (Å²) in [6, 6.07) is 5.87. The summed E-state index contributed by atoms with van der Waals surface area (Å²) in [5.74, 6) is 0.861. The normalized spacial score (nSPS) is 17.2. The summed E-state index contributed by atoms with van der Waals surface area (Å²) < 4.78 is 0. The van der Waals surface area contributed by atoms with Crippen molar-refractivity contribution in [1.29, 1.82) is 0 Å². The summed E-state index contributed by atoms with van der Waals surface area (Å²) in [7, 11) is 2.09. The molecule has 1 fully saturated rings. The molecule has 0 saturated heterocycles. The molecule has 1 atom stereocenters. The second-order valence-corrected chi connectivity index (χ2v) is 5.11. The van der Waals surface area contributed by atoms with E-state index < -0.39 is 6.10 Å². The zero-order valence-corrected chi connectivity index (χ0v) is 10.5. The van der Waals surface area contributed by atoms with Gasteiger partial charge in [0.25, 0.3) is 0 Å². The number of benzene rings is 1. The molecule has 1 aromatic rings. The highest BCUT2D eigenvalue weighted by Crippen LogP contribution is 2.32. The molecule has 1 aliphatic carbocycles. The van der Waals surface area contributed by atoms with E-state index in [4.69, 9.17) is 11.6 Å². The Balaban J connectivity index is 2.12. The Hall–Kier alpha value is -0.730. The third-order valence-electron chi connectivity index (χ3n) is 3.10. The fraction of sp³-hybridized carbons (Fsp3) is 0.538. The van der Waals surface area contributed by atoms with E-state index in [2.05, 4.69) is 11.9 Å². The van der Waals surface area contributed by atoms with Crippen molar-refractivity contribution in [2.75, 3.05) is 18.5 Å². The van der Waals surface area contributed by atoms with Crippen LogP contribution in [0.15, 0.2) is 18.2 Å². The van der Waals surface area contributed by atoms with Crippen LogP contribution in [0.1, 0.15) is 31.4 Å². The third-order valence-corrected chi connectivity index (χ3v) is 3.43. The van der Waals surface area contributed by atoms with Crippen LogP contribution in [0.4, 0.5) is 5.69 Å². The van der Waals surface area contributed by atoms with E-state index >= 15 is 0 Å². The van der Waals surface area contributed by atoms with Gasteiger partial charge in [-0.2, -0.15) is 0 Å². The first-order valence-corrected chi connectivity index (χ1v) is 6.14. The molecule has 3 heteroatoms. The predicted octanol–water partition coefficient (Wildman–Crippen LogP) is 3.24. The Morgan fingerprint density at radius 2 is 2.19 bits per heavy atom. The minimum Gasteiger partial charge on any atom is -0.389 e. The number of hydrogen-bond donors (Lipinski definition) is 1. The number of halogens is 1. The highest BCUT2D eigenvalue weighted by Gasteiger charge is 2.23. The first kappa shape index (κ1) is 11.7. The number of hydrogen-bond acceptors (Lipinski definition) is 2. The molecule has 0 aromatic heterocycles. The first-order valence-electron chi connectivity index (χ1n) is 5.76. The van der Waals surface area contributed by atoms with E-state index in [0.29, 0.717) is 5.02 Å². The van der Waals surface area contributed by atoms with Gasteiger partial charge < -0.3 is 10.0 Å². The number of aliphatic hydroxyl groups is 1. The number of nitrogens with zero attached hydrogens (tertiary/aromatic N) is 1. The van der Waals surface area contributed by atoms with Crippen LogP contribution in [0.3, 0.4) is 0 Å². The van der Waals surface area contributed by atoms with E-state index in [1.54, 1.807) is 6.92 Å². The molecule has 0 radical (unpaired) electrons. The minimum atomic E-state index is -0.504. The lowest BCUT2D eigenvalue weighted by atomic mass is 10.1. The lowest BCUT2D eigenvalue weighted by Gasteiger charge is -2.20. The maximum Gasteiger partial charge on any atom is 0.0776 e.